The van der Waals surface area contributed by atoms with Crippen LogP contribution in [0, 0.1) is 13.8 Å². The van der Waals surface area contributed by atoms with Crippen LogP contribution in [0.3, 0.4) is 0 Å². The van der Waals surface area contributed by atoms with Gasteiger partial charge >= 0.3 is 0 Å². The maximum atomic E-state index is 3.63. The van der Waals surface area contributed by atoms with Crippen LogP contribution in [0.15, 0.2) is 85.4 Å². The van der Waals surface area contributed by atoms with Gasteiger partial charge in [0.05, 0.1) is 0 Å². The van der Waals surface area contributed by atoms with E-state index >= 15 is 0 Å². The normalized spacial score (nSPS) is 9.65. The highest BCUT2D eigenvalue weighted by atomic mass is 14.0. The third-order valence-electron chi connectivity index (χ3n) is 3.61. The van der Waals surface area contributed by atoms with Crippen LogP contribution >= 0.6 is 0 Å². The molecule has 116 valence electrons. The molecular formula is C23H24. The quantitative estimate of drug-likeness (QED) is 0.538. The monoisotopic (exact) mass is 300 g/mol. The fraction of sp³-hybridized carbons (Fsp3) is 0.130. The van der Waals surface area contributed by atoms with Gasteiger partial charge in [-0.05, 0) is 37.0 Å². The number of rotatable bonds is 3. The van der Waals surface area contributed by atoms with Crippen LogP contribution in [0.4, 0.5) is 0 Å². The highest BCUT2D eigenvalue weighted by Crippen LogP contribution is 2.12. The molecule has 23 heavy (non-hydrogen) atoms. The zero-order chi connectivity index (χ0) is 16.5. The first-order valence-electron chi connectivity index (χ1n) is 7.96. The van der Waals surface area contributed by atoms with E-state index in [0.717, 1.165) is 6.42 Å². The molecule has 0 saturated heterocycles. The first kappa shape index (κ1) is 16.8. The van der Waals surface area contributed by atoms with E-state index < -0.39 is 0 Å². The van der Waals surface area contributed by atoms with Gasteiger partial charge in [0.25, 0.3) is 0 Å². The van der Waals surface area contributed by atoms with Crippen molar-refractivity contribution in [3.8, 4) is 0 Å². The largest absolute Gasteiger partial charge is 0.0985 e. The molecular weight excluding hydrogens is 276 g/mol. The summed E-state index contributed by atoms with van der Waals surface area (Å²) in [6.45, 7) is 7.91. The summed E-state index contributed by atoms with van der Waals surface area (Å²) >= 11 is 0. The highest BCUT2D eigenvalue weighted by molar-refractivity contribution is 5.45. The van der Waals surface area contributed by atoms with Gasteiger partial charge in [-0.3, -0.25) is 0 Å². The predicted octanol–water partition coefficient (Wildman–Crippen LogP) is 6.22. The molecule has 0 heterocycles. The zero-order valence-corrected chi connectivity index (χ0v) is 14.0. The fourth-order valence-corrected chi connectivity index (χ4v) is 2.47. The van der Waals surface area contributed by atoms with Crippen molar-refractivity contribution in [2.75, 3.05) is 0 Å². The van der Waals surface area contributed by atoms with Gasteiger partial charge in [0.2, 0.25) is 0 Å². The van der Waals surface area contributed by atoms with E-state index in [0.29, 0.717) is 0 Å². The van der Waals surface area contributed by atoms with Crippen LogP contribution in [0.1, 0.15) is 27.8 Å². The molecule has 0 aromatic heterocycles. The molecule has 0 heteroatoms. The Morgan fingerprint density at radius 1 is 0.696 bits per heavy atom. The zero-order valence-electron chi connectivity index (χ0n) is 14.0. The van der Waals surface area contributed by atoms with Crippen molar-refractivity contribution in [2.45, 2.75) is 20.3 Å². The minimum atomic E-state index is 1.03. The summed E-state index contributed by atoms with van der Waals surface area (Å²) in [6, 6.07) is 27.4. The summed E-state index contributed by atoms with van der Waals surface area (Å²) in [5, 5.41) is 0. The van der Waals surface area contributed by atoms with Crippen LogP contribution in [0.2, 0.25) is 0 Å². The summed E-state index contributed by atoms with van der Waals surface area (Å²) < 4.78 is 0. The molecule has 0 aliphatic rings. The van der Waals surface area contributed by atoms with Crippen molar-refractivity contribution in [3.05, 3.63) is 113 Å². The van der Waals surface area contributed by atoms with Crippen molar-refractivity contribution in [1.82, 2.24) is 0 Å². The lowest BCUT2D eigenvalue weighted by Crippen LogP contribution is -1.89. The molecule has 0 nitrogen and oxygen atoms in total. The molecule has 0 unspecified atom stereocenters. The molecule has 0 spiro atoms. The standard InChI is InChI=1S/C15H16.C8H8/c1-12-5-3-7-14(9-12)11-15-8-4-6-13(2)10-15;1-2-8-6-4-3-5-7-8/h3-10H,11H2,1-2H3;2-7H,1H2. The van der Waals surface area contributed by atoms with Crippen LogP contribution in [-0.4, -0.2) is 0 Å². The summed E-state index contributed by atoms with van der Waals surface area (Å²) in [5.41, 5.74) is 6.62. The molecule has 0 saturated carbocycles. The number of hydrogen-bond acceptors (Lipinski definition) is 0. The van der Waals surface area contributed by atoms with Crippen molar-refractivity contribution >= 4 is 6.08 Å². The number of aryl methyl sites for hydroxylation is 2. The molecule has 0 bridgehead atoms. The van der Waals surface area contributed by atoms with Crippen LogP contribution in [0.5, 0.6) is 0 Å². The lowest BCUT2D eigenvalue weighted by atomic mass is 10.0. The molecule has 0 atom stereocenters. The Labute approximate surface area is 140 Å². The van der Waals surface area contributed by atoms with Gasteiger partial charge in [-0.25, -0.2) is 0 Å². The summed E-state index contributed by atoms with van der Waals surface area (Å²) in [5.74, 6) is 0. The van der Waals surface area contributed by atoms with Gasteiger partial charge in [-0.1, -0.05) is 103 Å². The van der Waals surface area contributed by atoms with Crippen LogP contribution in [-0.2, 0) is 6.42 Å². The van der Waals surface area contributed by atoms with Crippen LogP contribution < -0.4 is 0 Å². The second kappa shape index (κ2) is 8.75. The molecule has 0 amide bonds. The maximum absolute atomic E-state index is 3.63. The van der Waals surface area contributed by atoms with E-state index in [1.165, 1.54) is 27.8 Å². The van der Waals surface area contributed by atoms with Crippen molar-refractivity contribution < 1.29 is 0 Å². The Bertz CT molecular complexity index is 695. The summed E-state index contributed by atoms with van der Waals surface area (Å²) in [7, 11) is 0. The van der Waals surface area contributed by atoms with Crippen molar-refractivity contribution in [3.63, 3.8) is 0 Å². The molecule has 0 aliphatic heterocycles. The Morgan fingerprint density at radius 3 is 1.61 bits per heavy atom. The Kier molecular flexibility index (Phi) is 6.38. The van der Waals surface area contributed by atoms with Gasteiger partial charge in [0, 0.05) is 0 Å². The van der Waals surface area contributed by atoms with Gasteiger partial charge in [-0.15, -0.1) is 0 Å². The smallest absolute Gasteiger partial charge is 0.00256 e. The second-order valence-electron chi connectivity index (χ2n) is 5.77. The van der Waals surface area contributed by atoms with Crippen molar-refractivity contribution in [2.24, 2.45) is 0 Å². The van der Waals surface area contributed by atoms with E-state index in [9.17, 15) is 0 Å². The number of hydrogen-bond donors (Lipinski definition) is 0. The van der Waals surface area contributed by atoms with Gasteiger partial charge < -0.3 is 0 Å². The predicted molar refractivity (Wildman–Crippen MR) is 102 cm³/mol. The van der Waals surface area contributed by atoms with Gasteiger partial charge in [0.1, 0.15) is 0 Å². The molecule has 3 rings (SSSR count). The van der Waals surface area contributed by atoms with Gasteiger partial charge in [-0.2, -0.15) is 0 Å². The third-order valence-corrected chi connectivity index (χ3v) is 3.61. The topological polar surface area (TPSA) is 0 Å². The lowest BCUT2D eigenvalue weighted by molar-refractivity contribution is 1.17. The second-order valence-corrected chi connectivity index (χ2v) is 5.77. The molecule has 3 aromatic rings. The van der Waals surface area contributed by atoms with Gasteiger partial charge in [0.15, 0.2) is 0 Å². The lowest BCUT2D eigenvalue weighted by Gasteiger charge is -2.03. The molecule has 0 radical (unpaired) electrons. The Hall–Kier alpha value is -2.60. The van der Waals surface area contributed by atoms with Crippen LogP contribution in [0.25, 0.3) is 6.08 Å². The molecule has 0 N–H and O–H groups in total. The Morgan fingerprint density at radius 2 is 1.22 bits per heavy atom. The summed E-state index contributed by atoms with van der Waals surface area (Å²) in [6.07, 6.45) is 2.86. The molecule has 0 aliphatic carbocycles. The minimum absolute atomic E-state index is 1.03. The Balaban J connectivity index is 0.000000203. The van der Waals surface area contributed by atoms with E-state index in [1.807, 2.05) is 36.4 Å². The maximum Gasteiger partial charge on any atom is -0.00256 e. The summed E-state index contributed by atoms with van der Waals surface area (Å²) in [4.78, 5) is 0. The molecule has 0 fully saturated rings. The third kappa shape index (κ3) is 5.96. The van der Waals surface area contributed by atoms with E-state index in [1.54, 1.807) is 0 Å². The first-order chi connectivity index (χ1) is 11.2. The van der Waals surface area contributed by atoms with Crippen molar-refractivity contribution in [1.29, 1.82) is 0 Å². The SMILES string of the molecule is C=Cc1ccccc1.Cc1cccc(Cc2cccc(C)c2)c1. The van der Waals surface area contributed by atoms with E-state index in [-0.39, 0.29) is 0 Å². The fourth-order valence-electron chi connectivity index (χ4n) is 2.47. The highest BCUT2D eigenvalue weighted by Gasteiger charge is 1.96. The first-order valence-corrected chi connectivity index (χ1v) is 7.96. The molecule has 3 aromatic carbocycles. The average molecular weight is 300 g/mol. The minimum Gasteiger partial charge on any atom is -0.0985 e. The van der Waals surface area contributed by atoms with E-state index in [2.05, 4.69) is 69.0 Å². The average Bonchev–Trinajstić information content (AvgIpc) is 2.56. The van der Waals surface area contributed by atoms with E-state index in [4.69, 9.17) is 0 Å². The number of benzene rings is 3.